The number of nitrogens with two attached hydrogens (primary N) is 1. The minimum Gasteiger partial charge on any atom is -0.353 e. The Hall–Kier alpha value is -1.43. The third-order valence-electron chi connectivity index (χ3n) is 4.13. The number of hydrogen-bond acceptors (Lipinski definition) is 4. The molecule has 0 bridgehead atoms. The van der Waals surface area contributed by atoms with Crippen LogP contribution in [-0.4, -0.2) is 68.1 Å². The molecule has 116 valence electrons. The standard InChI is InChI=1S/C16H26N4O/c1-19-8-9-20(2)14(12-19)11-18-16(21)15(17)10-13-6-4-3-5-7-13/h3-7,14-15H,8-12,17H2,1-2H3,(H,18,21)/t14?,15-/m1/s1. The maximum Gasteiger partial charge on any atom is 0.237 e. The van der Waals surface area contributed by atoms with Gasteiger partial charge in [0.25, 0.3) is 0 Å². The molecular weight excluding hydrogens is 264 g/mol. The summed E-state index contributed by atoms with van der Waals surface area (Å²) >= 11 is 0. The highest BCUT2D eigenvalue weighted by Crippen LogP contribution is 2.05. The van der Waals surface area contributed by atoms with Gasteiger partial charge in [-0.15, -0.1) is 0 Å². The number of likely N-dealkylation sites (N-methyl/N-ethyl adjacent to an activating group) is 2. The Balaban J connectivity index is 1.78. The molecule has 1 unspecified atom stereocenters. The summed E-state index contributed by atoms with van der Waals surface area (Å²) in [6.07, 6.45) is 0.576. The fraction of sp³-hybridized carbons (Fsp3) is 0.562. The van der Waals surface area contributed by atoms with Crippen LogP contribution in [0, 0.1) is 0 Å². The van der Waals surface area contributed by atoms with Crippen molar-refractivity contribution in [3.63, 3.8) is 0 Å². The first-order chi connectivity index (χ1) is 10.1. The first-order valence-corrected chi connectivity index (χ1v) is 7.52. The summed E-state index contributed by atoms with van der Waals surface area (Å²) in [7, 11) is 4.22. The molecule has 0 aliphatic carbocycles. The lowest BCUT2D eigenvalue weighted by Crippen LogP contribution is -2.55. The zero-order valence-electron chi connectivity index (χ0n) is 13.0. The zero-order chi connectivity index (χ0) is 15.2. The van der Waals surface area contributed by atoms with Crippen molar-refractivity contribution in [2.24, 2.45) is 5.73 Å². The molecule has 21 heavy (non-hydrogen) atoms. The van der Waals surface area contributed by atoms with Crippen LogP contribution in [-0.2, 0) is 11.2 Å². The van der Waals surface area contributed by atoms with E-state index in [0.717, 1.165) is 25.2 Å². The highest BCUT2D eigenvalue weighted by molar-refractivity contribution is 5.81. The van der Waals surface area contributed by atoms with Crippen molar-refractivity contribution in [3.8, 4) is 0 Å². The van der Waals surface area contributed by atoms with E-state index in [1.165, 1.54) is 0 Å². The van der Waals surface area contributed by atoms with E-state index < -0.39 is 6.04 Å². The zero-order valence-corrected chi connectivity index (χ0v) is 13.0. The fourth-order valence-electron chi connectivity index (χ4n) is 2.63. The lowest BCUT2D eigenvalue weighted by Gasteiger charge is -2.37. The van der Waals surface area contributed by atoms with Gasteiger partial charge in [-0.3, -0.25) is 9.69 Å². The Bertz CT molecular complexity index is 451. The van der Waals surface area contributed by atoms with Gasteiger partial charge in [-0.1, -0.05) is 30.3 Å². The van der Waals surface area contributed by atoms with E-state index in [1.807, 2.05) is 30.3 Å². The van der Waals surface area contributed by atoms with Gasteiger partial charge >= 0.3 is 0 Å². The molecule has 1 fully saturated rings. The van der Waals surface area contributed by atoms with Gasteiger partial charge in [0, 0.05) is 32.2 Å². The summed E-state index contributed by atoms with van der Waals surface area (Å²) in [6, 6.07) is 9.76. The Labute approximate surface area is 127 Å². The van der Waals surface area contributed by atoms with Crippen molar-refractivity contribution in [1.29, 1.82) is 0 Å². The third kappa shape index (κ3) is 4.81. The van der Waals surface area contributed by atoms with Gasteiger partial charge in [0.1, 0.15) is 0 Å². The van der Waals surface area contributed by atoms with Crippen LogP contribution in [0.5, 0.6) is 0 Å². The summed E-state index contributed by atoms with van der Waals surface area (Å²) in [5.41, 5.74) is 7.08. The fourth-order valence-corrected chi connectivity index (χ4v) is 2.63. The molecule has 0 saturated carbocycles. The van der Waals surface area contributed by atoms with Crippen LogP contribution in [0.2, 0.25) is 0 Å². The van der Waals surface area contributed by atoms with Crippen LogP contribution in [0.4, 0.5) is 0 Å². The Morgan fingerprint density at radius 1 is 1.33 bits per heavy atom. The second-order valence-corrected chi connectivity index (χ2v) is 5.94. The summed E-state index contributed by atoms with van der Waals surface area (Å²) in [4.78, 5) is 16.7. The quantitative estimate of drug-likeness (QED) is 0.796. The van der Waals surface area contributed by atoms with Crippen LogP contribution in [0.3, 0.4) is 0 Å². The average molecular weight is 290 g/mol. The van der Waals surface area contributed by atoms with Gasteiger partial charge in [-0.05, 0) is 26.1 Å². The molecule has 1 saturated heterocycles. The third-order valence-corrected chi connectivity index (χ3v) is 4.13. The molecule has 1 heterocycles. The SMILES string of the molecule is CN1CCN(C)C(CNC(=O)[C@H](N)Cc2ccccc2)C1. The number of piperazine rings is 1. The second kappa shape index (κ2) is 7.54. The molecule has 1 aliphatic rings. The van der Waals surface area contributed by atoms with Gasteiger partial charge in [0.15, 0.2) is 0 Å². The number of amides is 1. The first kappa shape index (κ1) is 15.9. The number of carbonyl (C=O) groups is 1. The molecule has 2 rings (SSSR count). The van der Waals surface area contributed by atoms with Crippen LogP contribution < -0.4 is 11.1 Å². The number of rotatable bonds is 5. The van der Waals surface area contributed by atoms with Crippen molar-refractivity contribution in [2.75, 3.05) is 40.3 Å². The highest BCUT2D eigenvalue weighted by Gasteiger charge is 2.23. The molecule has 1 aliphatic heterocycles. The van der Waals surface area contributed by atoms with Gasteiger partial charge in [-0.25, -0.2) is 0 Å². The molecule has 0 radical (unpaired) electrons. The van der Waals surface area contributed by atoms with Crippen LogP contribution in [0.25, 0.3) is 0 Å². The molecule has 5 nitrogen and oxygen atoms in total. The molecular formula is C16H26N4O. The number of carbonyl (C=O) groups excluding carboxylic acids is 1. The van der Waals surface area contributed by atoms with Crippen LogP contribution >= 0.6 is 0 Å². The predicted octanol–water partition coefficient (Wildman–Crippen LogP) is -0.0816. The minimum absolute atomic E-state index is 0.0690. The molecule has 2 atom stereocenters. The van der Waals surface area contributed by atoms with Crippen molar-refractivity contribution in [3.05, 3.63) is 35.9 Å². The molecule has 3 N–H and O–H groups in total. The largest absolute Gasteiger partial charge is 0.353 e. The summed E-state index contributed by atoms with van der Waals surface area (Å²) in [5, 5.41) is 2.99. The molecule has 0 spiro atoms. The maximum atomic E-state index is 12.1. The molecule has 1 aromatic rings. The van der Waals surface area contributed by atoms with E-state index in [1.54, 1.807) is 0 Å². The smallest absolute Gasteiger partial charge is 0.237 e. The topological polar surface area (TPSA) is 61.6 Å². The normalized spacial score (nSPS) is 22.0. The minimum atomic E-state index is -0.487. The summed E-state index contributed by atoms with van der Waals surface area (Å²) in [5.74, 6) is -0.0690. The predicted molar refractivity (Wildman–Crippen MR) is 85.0 cm³/mol. The molecule has 0 aromatic heterocycles. The van der Waals surface area contributed by atoms with Crippen LogP contribution in [0.1, 0.15) is 5.56 Å². The first-order valence-electron chi connectivity index (χ1n) is 7.52. The Kier molecular flexibility index (Phi) is 5.73. The van der Waals surface area contributed by atoms with Crippen molar-refractivity contribution in [1.82, 2.24) is 15.1 Å². The van der Waals surface area contributed by atoms with Gasteiger partial charge in [-0.2, -0.15) is 0 Å². The van der Waals surface area contributed by atoms with E-state index in [0.29, 0.717) is 19.0 Å². The Morgan fingerprint density at radius 3 is 2.76 bits per heavy atom. The van der Waals surface area contributed by atoms with Gasteiger partial charge in [0.2, 0.25) is 5.91 Å². The average Bonchev–Trinajstić information content (AvgIpc) is 2.49. The van der Waals surface area contributed by atoms with Gasteiger partial charge < -0.3 is 16.0 Å². The van der Waals surface area contributed by atoms with E-state index in [9.17, 15) is 4.79 Å². The van der Waals surface area contributed by atoms with Crippen molar-refractivity contribution in [2.45, 2.75) is 18.5 Å². The lowest BCUT2D eigenvalue weighted by atomic mass is 10.1. The molecule has 1 aromatic carbocycles. The van der Waals surface area contributed by atoms with E-state index in [2.05, 4.69) is 29.2 Å². The van der Waals surface area contributed by atoms with E-state index in [4.69, 9.17) is 5.73 Å². The van der Waals surface area contributed by atoms with E-state index >= 15 is 0 Å². The number of benzene rings is 1. The van der Waals surface area contributed by atoms with E-state index in [-0.39, 0.29) is 5.91 Å². The lowest BCUT2D eigenvalue weighted by molar-refractivity contribution is -0.122. The summed E-state index contributed by atoms with van der Waals surface area (Å²) in [6.45, 7) is 3.74. The molecule has 1 amide bonds. The number of nitrogens with one attached hydrogen (secondary N) is 1. The molecule has 5 heteroatoms. The van der Waals surface area contributed by atoms with Crippen molar-refractivity contribution >= 4 is 5.91 Å². The maximum absolute atomic E-state index is 12.1. The Morgan fingerprint density at radius 2 is 2.05 bits per heavy atom. The summed E-state index contributed by atoms with van der Waals surface area (Å²) < 4.78 is 0. The highest BCUT2D eigenvalue weighted by atomic mass is 16.2. The number of hydrogen-bond donors (Lipinski definition) is 2. The monoisotopic (exact) mass is 290 g/mol. The number of nitrogens with zero attached hydrogens (tertiary/aromatic N) is 2. The second-order valence-electron chi connectivity index (χ2n) is 5.94. The van der Waals surface area contributed by atoms with Crippen LogP contribution in [0.15, 0.2) is 30.3 Å². The van der Waals surface area contributed by atoms with Gasteiger partial charge in [0.05, 0.1) is 6.04 Å². The van der Waals surface area contributed by atoms with Crippen molar-refractivity contribution < 1.29 is 4.79 Å².